The van der Waals surface area contributed by atoms with Gasteiger partial charge in [0.2, 0.25) is 0 Å². The number of fused-ring (bicyclic) bond motifs is 1. The third-order valence-electron chi connectivity index (χ3n) is 4.13. The molecule has 0 radical (unpaired) electrons. The van der Waals surface area contributed by atoms with Crippen LogP contribution in [0, 0.1) is 5.41 Å². The monoisotopic (exact) mass is 261 g/mol. The molecule has 0 atom stereocenters. The smallest absolute Gasteiger partial charge is 0.0499 e. The molecule has 2 aromatic rings. The molecular formula is C15H19NOS. The summed E-state index contributed by atoms with van der Waals surface area (Å²) in [4.78, 5) is 0. The van der Waals surface area contributed by atoms with E-state index < -0.39 is 0 Å². The molecule has 1 aliphatic rings. The standard InChI is InChI=1S/C15H19NOS/c17-11-15(6-3-7-15)10-16-8-12-9-18-14-5-2-1-4-13(12)14/h1-2,4-5,9,16-17H,3,6-8,10-11H2. The van der Waals surface area contributed by atoms with E-state index in [0.717, 1.165) is 13.1 Å². The molecule has 1 aromatic carbocycles. The van der Waals surface area contributed by atoms with E-state index in [0.29, 0.717) is 6.61 Å². The minimum absolute atomic E-state index is 0.172. The van der Waals surface area contributed by atoms with Crippen LogP contribution in [0.5, 0.6) is 0 Å². The van der Waals surface area contributed by atoms with E-state index in [4.69, 9.17) is 0 Å². The highest BCUT2D eigenvalue weighted by atomic mass is 32.1. The third-order valence-corrected chi connectivity index (χ3v) is 5.14. The van der Waals surface area contributed by atoms with Crippen molar-refractivity contribution in [1.29, 1.82) is 0 Å². The van der Waals surface area contributed by atoms with Crippen LogP contribution in [0.15, 0.2) is 29.6 Å². The second-order valence-electron chi connectivity index (χ2n) is 5.37. The van der Waals surface area contributed by atoms with Crippen LogP contribution in [0.4, 0.5) is 0 Å². The fourth-order valence-corrected chi connectivity index (χ4v) is 3.66. The van der Waals surface area contributed by atoms with Gasteiger partial charge in [0.05, 0.1) is 0 Å². The summed E-state index contributed by atoms with van der Waals surface area (Å²) in [6.07, 6.45) is 3.60. The Labute approximate surface area is 112 Å². The van der Waals surface area contributed by atoms with Crippen molar-refractivity contribution in [2.24, 2.45) is 5.41 Å². The van der Waals surface area contributed by atoms with Gasteiger partial charge in [-0.3, -0.25) is 0 Å². The van der Waals surface area contributed by atoms with Crippen LogP contribution in [-0.2, 0) is 6.54 Å². The van der Waals surface area contributed by atoms with Gasteiger partial charge in [0.15, 0.2) is 0 Å². The highest BCUT2D eigenvalue weighted by Crippen LogP contribution is 2.39. The highest BCUT2D eigenvalue weighted by Gasteiger charge is 2.35. The van der Waals surface area contributed by atoms with Crippen molar-refractivity contribution < 1.29 is 5.11 Å². The Hall–Kier alpha value is -0.900. The Morgan fingerprint density at radius 1 is 1.28 bits per heavy atom. The predicted molar refractivity (Wildman–Crippen MR) is 76.9 cm³/mol. The van der Waals surface area contributed by atoms with Crippen LogP contribution in [0.25, 0.3) is 10.1 Å². The first-order valence-corrected chi connectivity index (χ1v) is 7.48. The second-order valence-corrected chi connectivity index (χ2v) is 6.28. The normalized spacial score (nSPS) is 17.8. The van der Waals surface area contributed by atoms with Gasteiger partial charge in [-0.15, -0.1) is 11.3 Å². The SMILES string of the molecule is OCC1(CNCc2csc3ccccc23)CCC1. The molecule has 18 heavy (non-hydrogen) atoms. The topological polar surface area (TPSA) is 32.3 Å². The summed E-state index contributed by atoms with van der Waals surface area (Å²) in [5.41, 5.74) is 1.55. The Morgan fingerprint density at radius 2 is 2.11 bits per heavy atom. The molecule has 1 fully saturated rings. The number of nitrogens with one attached hydrogen (secondary N) is 1. The summed E-state index contributed by atoms with van der Waals surface area (Å²) < 4.78 is 1.36. The van der Waals surface area contributed by atoms with E-state index in [-0.39, 0.29) is 5.41 Å². The van der Waals surface area contributed by atoms with Crippen molar-refractivity contribution in [2.45, 2.75) is 25.8 Å². The van der Waals surface area contributed by atoms with Gasteiger partial charge in [0, 0.05) is 29.8 Å². The summed E-state index contributed by atoms with van der Waals surface area (Å²) in [5, 5.41) is 16.6. The number of hydrogen-bond acceptors (Lipinski definition) is 3. The molecule has 2 N–H and O–H groups in total. The van der Waals surface area contributed by atoms with Crippen molar-refractivity contribution >= 4 is 21.4 Å². The van der Waals surface area contributed by atoms with Gasteiger partial charge in [-0.2, -0.15) is 0 Å². The molecule has 0 spiro atoms. The van der Waals surface area contributed by atoms with Gasteiger partial charge in [0.25, 0.3) is 0 Å². The Balaban J connectivity index is 1.63. The van der Waals surface area contributed by atoms with Crippen molar-refractivity contribution in [1.82, 2.24) is 5.32 Å². The zero-order valence-electron chi connectivity index (χ0n) is 10.5. The number of aliphatic hydroxyl groups excluding tert-OH is 1. The molecular weight excluding hydrogens is 242 g/mol. The van der Waals surface area contributed by atoms with E-state index in [1.54, 1.807) is 0 Å². The lowest BCUT2D eigenvalue weighted by atomic mass is 9.69. The second kappa shape index (κ2) is 5.00. The maximum absolute atomic E-state index is 9.43. The van der Waals surface area contributed by atoms with Gasteiger partial charge in [-0.1, -0.05) is 24.6 Å². The Bertz CT molecular complexity index is 525. The summed E-state index contributed by atoms with van der Waals surface area (Å²) in [5.74, 6) is 0. The number of thiophene rings is 1. The molecule has 0 bridgehead atoms. The number of hydrogen-bond donors (Lipinski definition) is 2. The van der Waals surface area contributed by atoms with Gasteiger partial charge in [-0.05, 0) is 35.2 Å². The average Bonchev–Trinajstić information content (AvgIpc) is 2.76. The van der Waals surface area contributed by atoms with E-state index in [9.17, 15) is 5.11 Å². The fourth-order valence-electron chi connectivity index (χ4n) is 2.70. The van der Waals surface area contributed by atoms with E-state index >= 15 is 0 Å². The molecule has 1 aromatic heterocycles. The zero-order valence-corrected chi connectivity index (χ0v) is 11.3. The van der Waals surface area contributed by atoms with Crippen molar-refractivity contribution in [3.8, 4) is 0 Å². The molecule has 0 unspecified atom stereocenters. The number of rotatable bonds is 5. The first-order valence-electron chi connectivity index (χ1n) is 6.60. The largest absolute Gasteiger partial charge is 0.396 e. The molecule has 3 rings (SSSR count). The zero-order chi connectivity index (χ0) is 12.4. The van der Waals surface area contributed by atoms with Crippen molar-refractivity contribution in [3.05, 3.63) is 35.2 Å². The molecule has 1 saturated carbocycles. The minimum Gasteiger partial charge on any atom is -0.396 e. The first-order chi connectivity index (χ1) is 8.83. The first kappa shape index (κ1) is 12.2. The highest BCUT2D eigenvalue weighted by molar-refractivity contribution is 7.17. The summed E-state index contributed by atoms with van der Waals surface area (Å²) >= 11 is 1.81. The van der Waals surface area contributed by atoms with Crippen LogP contribution in [-0.4, -0.2) is 18.3 Å². The molecule has 0 amide bonds. The van der Waals surface area contributed by atoms with Crippen LogP contribution in [0.3, 0.4) is 0 Å². The van der Waals surface area contributed by atoms with Gasteiger partial charge in [0.1, 0.15) is 0 Å². The Kier molecular flexibility index (Phi) is 3.37. The lowest BCUT2D eigenvalue weighted by Crippen LogP contribution is -2.42. The van der Waals surface area contributed by atoms with Crippen LogP contribution >= 0.6 is 11.3 Å². The lowest BCUT2D eigenvalue weighted by molar-refractivity contribution is 0.0445. The van der Waals surface area contributed by atoms with E-state index in [1.807, 2.05) is 11.3 Å². The maximum atomic E-state index is 9.43. The molecule has 0 saturated heterocycles. The fraction of sp³-hybridized carbons (Fsp3) is 0.467. The number of aliphatic hydroxyl groups is 1. The molecule has 3 heteroatoms. The van der Waals surface area contributed by atoms with Crippen LogP contribution in [0.2, 0.25) is 0 Å². The molecule has 96 valence electrons. The summed E-state index contributed by atoms with van der Waals surface area (Å²) in [6.45, 7) is 2.17. The molecule has 0 aliphatic heterocycles. The van der Waals surface area contributed by atoms with Gasteiger partial charge >= 0.3 is 0 Å². The molecule has 2 nitrogen and oxygen atoms in total. The van der Waals surface area contributed by atoms with Gasteiger partial charge in [-0.25, -0.2) is 0 Å². The predicted octanol–water partition coefficient (Wildman–Crippen LogP) is 3.15. The molecule has 1 heterocycles. The third kappa shape index (κ3) is 2.18. The Morgan fingerprint density at radius 3 is 2.83 bits per heavy atom. The lowest BCUT2D eigenvalue weighted by Gasteiger charge is -2.40. The van der Waals surface area contributed by atoms with E-state index in [2.05, 4.69) is 35.0 Å². The van der Waals surface area contributed by atoms with Gasteiger partial charge < -0.3 is 10.4 Å². The van der Waals surface area contributed by atoms with Crippen molar-refractivity contribution in [2.75, 3.05) is 13.2 Å². The quantitative estimate of drug-likeness (QED) is 0.866. The van der Waals surface area contributed by atoms with Crippen LogP contribution < -0.4 is 5.32 Å². The van der Waals surface area contributed by atoms with Crippen LogP contribution in [0.1, 0.15) is 24.8 Å². The average molecular weight is 261 g/mol. The minimum atomic E-state index is 0.172. The summed E-state index contributed by atoms with van der Waals surface area (Å²) in [6, 6.07) is 8.55. The van der Waals surface area contributed by atoms with E-state index in [1.165, 1.54) is 34.9 Å². The summed E-state index contributed by atoms with van der Waals surface area (Å²) in [7, 11) is 0. The van der Waals surface area contributed by atoms with Crippen molar-refractivity contribution in [3.63, 3.8) is 0 Å². The maximum Gasteiger partial charge on any atom is 0.0499 e. The molecule has 1 aliphatic carbocycles. The number of benzene rings is 1.